The predicted octanol–water partition coefficient (Wildman–Crippen LogP) is 1.56. The summed E-state index contributed by atoms with van der Waals surface area (Å²) in [5, 5.41) is 0.457. The molecule has 0 fully saturated rings. The molecule has 5 heteroatoms. The van der Waals surface area contributed by atoms with Gasteiger partial charge < -0.3 is 0 Å². The number of hydrogen-bond donors (Lipinski definition) is 1. The molecule has 0 aromatic rings. The Kier molecular flexibility index (Phi) is 3.55. The molecule has 0 aromatic heterocycles. The van der Waals surface area contributed by atoms with E-state index in [2.05, 4.69) is 15.9 Å². The molecule has 0 aliphatic heterocycles. The smallest absolute Gasteiger partial charge is 0.282 e. The van der Waals surface area contributed by atoms with E-state index in [0.29, 0.717) is 10.9 Å². The molecule has 0 saturated heterocycles. The predicted molar refractivity (Wildman–Crippen MR) is 43.7 cm³/mol. The van der Waals surface area contributed by atoms with E-state index < -0.39 is 10.1 Å². The van der Waals surface area contributed by atoms with Crippen LogP contribution in [0.3, 0.4) is 0 Å². The van der Waals surface area contributed by atoms with E-state index in [1.54, 1.807) is 6.92 Å². The Balaban J connectivity index is 4.84. The van der Waals surface area contributed by atoms with Gasteiger partial charge in [-0.1, -0.05) is 15.9 Å². The third kappa shape index (κ3) is 2.81. The molecular formula is C5H9BrO3S. The molecule has 60 valence electrons. The highest BCUT2D eigenvalue weighted by molar-refractivity contribution is 9.09. The summed E-state index contributed by atoms with van der Waals surface area (Å²) < 4.78 is 29.3. The van der Waals surface area contributed by atoms with Gasteiger partial charge in [0.15, 0.2) is 0 Å². The molecule has 0 amide bonds. The fourth-order valence-electron chi connectivity index (χ4n) is 0.314. The molecule has 0 radical (unpaired) electrons. The van der Waals surface area contributed by atoms with Crippen LogP contribution in [-0.4, -0.2) is 18.3 Å². The Morgan fingerprint density at radius 3 is 2.00 bits per heavy atom. The van der Waals surface area contributed by atoms with Crippen molar-refractivity contribution in [3.05, 3.63) is 10.5 Å². The monoisotopic (exact) mass is 228 g/mol. The molecule has 0 unspecified atom stereocenters. The Hall–Kier alpha value is 0.130. The van der Waals surface area contributed by atoms with E-state index in [9.17, 15) is 8.42 Å². The summed E-state index contributed by atoms with van der Waals surface area (Å²) in [6.07, 6.45) is 0. The van der Waals surface area contributed by atoms with E-state index >= 15 is 0 Å². The summed E-state index contributed by atoms with van der Waals surface area (Å²) in [6, 6.07) is 0. The van der Waals surface area contributed by atoms with Gasteiger partial charge >= 0.3 is 0 Å². The molecule has 0 aliphatic carbocycles. The first kappa shape index (κ1) is 10.1. The zero-order chi connectivity index (χ0) is 8.36. The van der Waals surface area contributed by atoms with Gasteiger partial charge in [-0.25, -0.2) is 0 Å². The van der Waals surface area contributed by atoms with Crippen LogP contribution in [0.1, 0.15) is 13.8 Å². The molecule has 10 heavy (non-hydrogen) atoms. The van der Waals surface area contributed by atoms with E-state index in [0.717, 1.165) is 0 Å². The van der Waals surface area contributed by atoms with Crippen molar-refractivity contribution < 1.29 is 13.0 Å². The fraction of sp³-hybridized carbons (Fsp3) is 0.600. The van der Waals surface area contributed by atoms with Crippen LogP contribution < -0.4 is 0 Å². The zero-order valence-corrected chi connectivity index (χ0v) is 8.16. The zero-order valence-electron chi connectivity index (χ0n) is 5.76. The average Bonchev–Trinajstić information content (AvgIpc) is 1.83. The average molecular weight is 229 g/mol. The summed E-state index contributed by atoms with van der Waals surface area (Å²) in [6.45, 7) is 3.00. The van der Waals surface area contributed by atoms with Gasteiger partial charge in [-0.05, 0) is 19.4 Å². The number of alkyl halides is 1. The first-order chi connectivity index (χ1) is 4.39. The Morgan fingerprint density at radius 1 is 1.50 bits per heavy atom. The van der Waals surface area contributed by atoms with Crippen LogP contribution in [-0.2, 0) is 10.1 Å². The van der Waals surface area contributed by atoms with Crippen molar-refractivity contribution in [1.82, 2.24) is 0 Å². The molecule has 0 rings (SSSR count). The van der Waals surface area contributed by atoms with Crippen molar-refractivity contribution in [2.24, 2.45) is 0 Å². The van der Waals surface area contributed by atoms with Crippen molar-refractivity contribution in [2.45, 2.75) is 13.8 Å². The van der Waals surface area contributed by atoms with Crippen molar-refractivity contribution >= 4 is 26.0 Å². The van der Waals surface area contributed by atoms with Crippen molar-refractivity contribution in [1.29, 1.82) is 0 Å². The lowest BCUT2D eigenvalue weighted by atomic mass is 10.3. The van der Waals surface area contributed by atoms with Gasteiger partial charge in [-0.3, -0.25) is 4.55 Å². The molecule has 0 saturated carbocycles. The third-order valence-electron chi connectivity index (χ3n) is 1.19. The van der Waals surface area contributed by atoms with Crippen LogP contribution in [0.2, 0.25) is 0 Å². The summed E-state index contributed by atoms with van der Waals surface area (Å²) in [7, 11) is -3.96. The number of rotatable bonds is 2. The molecule has 3 nitrogen and oxygen atoms in total. The number of halogens is 1. The summed E-state index contributed by atoms with van der Waals surface area (Å²) in [4.78, 5) is 0.0179. The maximum Gasteiger partial charge on any atom is 0.290 e. The van der Waals surface area contributed by atoms with Gasteiger partial charge in [0.25, 0.3) is 10.1 Å². The normalized spacial score (nSPS) is 14.8. The Labute approximate surface area is 69.0 Å². The molecule has 0 aliphatic rings. The Morgan fingerprint density at radius 2 is 1.90 bits per heavy atom. The minimum absolute atomic E-state index is 0.0179. The van der Waals surface area contributed by atoms with E-state index in [-0.39, 0.29) is 4.91 Å². The second kappa shape index (κ2) is 3.50. The quantitative estimate of drug-likeness (QED) is 0.577. The van der Waals surface area contributed by atoms with Crippen molar-refractivity contribution in [3.8, 4) is 0 Å². The van der Waals surface area contributed by atoms with E-state index in [1.807, 2.05) is 0 Å². The van der Waals surface area contributed by atoms with Crippen molar-refractivity contribution in [3.63, 3.8) is 0 Å². The van der Waals surface area contributed by atoms with Crippen LogP contribution >= 0.6 is 15.9 Å². The van der Waals surface area contributed by atoms with Crippen LogP contribution in [0.5, 0.6) is 0 Å². The van der Waals surface area contributed by atoms with Crippen LogP contribution in [0.25, 0.3) is 0 Å². The summed E-state index contributed by atoms with van der Waals surface area (Å²) >= 11 is 3.07. The number of hydrogen-bond acceptors (Lipinski definition) is 2. The molecule has 0 aromatic carbocycles. The van der Waals surface area contributed by atoms with E-state index in [4.69, 9.17) is 4.55 Å². The van der Waals surface area contributed by atoms with Gasteiger partial charge in [0, 0.05) is 5.33 Å². The minimum atomic E-state index is -3.96. The SMILES string of the molecule is CC(CBr)=C(C)S(=O)(=O)O. The topological polar surface area (TPSA) is 54.4 Å². The lowest BCUT2D eigenvalue weighted by Gasteiger charge is -1.99. The number of allylic oxidation sites excluding steroid dienone is 2. The summed E-state index contributed by atoms with van der Waals surface area (Å²) in [5.74, 6) is 0. The standard InChI is InChI=1S/C5H9BrO3S/c1-4(3-6)5(2)10(7,8)9/h3H2,1-2H3,(H,7,8,9). The van der Waals surface area contributed by atoms with Crippen LogP contribution in [0.4, 0.5) is 0 Å². The molecule has 0 spiro atoms. The minimum Gasteiger partial charge on any atom is -0.282 e. The van der Waals surface area contributed by atoms with Gasteiger partial charge in [0.05, 0.1) is 4.91 Å². The van der Waals surface area contributed by atoms with Gasteiger partial charge in [-0.2, -0.15) is 8.42 Å². The second-order valence-electron chi connectivity index (χ2n) is 1.95. The maximum absolute atomic E-state index is 10.4. The highest BCUT2D eigenvalue weighted by Gasteiger charge is 2.09. The largest absolute Gasteiger partial charge is 0.290 e. The first-order valence-corrected chi connectivity index (χ1v) is 5.15. The maximum atomic E-state index is 10.4. The third-order valence-corrected chi connectivity index (χ3v) is 3.15. The van der Waals surface area contributed by atoms with Crippen molar-refractivity contribution in [2.75, 3.05) is 5.33 Å². The molecule has 0 heterocycles. The molecule has 0 bridgehead atoms. The Bertz CT molecular complexity index is 240. The first-order valence-electron chi connectivity index (χ1n) is 2.59. The van der Waals surface area contributed by atoms with Crippen LogP contribution in [0.15, 0.2) is 10.5 Å². The van der Waals surface area contributed by atoms with Gasteiger partial charge in [-0.15, -0.1) is 0 Å². The highest BCUT2D eigenvalue weighted by Crippen LogP contribution is 2.11. The molecule has 0 atom stereocenters. The fourth-order valence-corrected chi connectivity index (χ4v) is 1.43. The van der Waals surface area contributed by atoms with Gasteiger partial charge in [0.1, 0.15) is 0 Å². The molecule has 1 N–H and O–H groups in total. The second-order valence-corrected chi connectivity index (χ2v) is 4.07. The lowest BCUT2D eigenvalue weighted by Crippen LogP contribution is -2.01. The summed E-state index contributed by atoms with van der Waals surface area (Å²) in [5.41, 5.74) is 0.613. The van der Waals surface area contributed by atoms with E-state index in [1.165, 1.54) is 6.92 Å². The lowest BCUT2D eigenvalue weighted by molar-refractivity contribution is 0.490. The van der Waals surface area contributed by atoms with Gasteiger partial charge in [0.2, 0.25) is 0 Å². The highest BCUT2D eigenvalue weighted by atomic mass is 79.9. The van der Waals surface area contributed by atoms with Crippen LogP contribution in [0, 0.1) is 0 Å². The molecular weight excluding hydrogens is 220 g/mol.